The Morgan fingerprint density at radius 2 is 1.75 bits per heavy atom. The highest BCUT2D eigenvalue weighted by atomic mass is 32.2. The monoisotopic (exact) mass is 317 g/mol. The predicted molar refractivity (Wildman–Crippen MR) is 83.2 cm³/mol. The summed E-state index contributed by atoms with van der Waals surface area (Å²) < 4.78 is 35.2. The summed E-state index contributed by atoms with van der Waals surface area (Å²) in [7, 11) is -4.36. The third-order valence-electron chi connectivity index (χ3n) is 3.24. The van der Waals surface area contributed by atoms with Crippen molar-refractivity contribution in [2.75, 3.05) is 12.8 Å². The molecule has 114 valence electrons. The average molecular weight is 317 g/mol. The summed E-state index contributed by atoms with van der Waals surface area (Å²) in [6, 6.07) is 6.44. The van der Waals surface area contributed by atoms with Gasteiger partial charge in [0, 0.05) is 17.2 Å². The molecule has 0 saturated heterocycles. The Kier molecular flexibility index (Phi) is 6.36. The molecule has 0 saturated carbocycles. The Balaban J connectivity index is 2.82. The molecule has 0 heterocycles. The molecule has 0 aliphatic heterocycles. The molecule has 4 nitrogen and oxygen atoms in total. The Bertz CT molecular complexity index is 552. The number of sulfone groups is 1. The highest BCUT2D eigenvalue weighted by Crippen LogP contribution is 2.17. The van der Waals surface area contributed by atoms with Gasteiger partial charge in [-0.25, -0.2) is 8.42 Å². The fraction of sp³-hybridized carbons (Fsp3) is 0.571. The number of rotatable bonds is 7. The van der Waals surface area contributed by atoms with E-state index in [1.807, 2.05) is 13.8 Å². The molecule has 1 rings (SSSR count). The normalized spacial score (nSPS) is 16.6. The van der Waals surface area contributed by atoms with Crippen LogP contribution in [0.15, 0.2) is 34.1 Å². The van der Waals surface area contributed by atoms with Gasteiger partial charge in [-0.15, -0.1) is 0 Å². The zero-order valence-corrected chi connectivity index (χ0v) is 14.1. The second kappa shape index (κ2) is 7.33. The van der Waals surface area contributed by atoms with Crippen LogP contribution in [0.4, 0.5) is 0 Å². The van der Waals surface area contributed by atoms with Gasteiger partial charge in [-0.3, -0.25) is 4.21 Å². The SMILES string of the molecule is CCCNC(C)C(C)S(=O)c1ccc(S(C)(=O)=O)cc1. The van der Waals surface area contributed by atoms with Crippen LogP contribution in [0.25, 0.3) is 0 Å². The van der Waals surface area contributed by atoms with Crippen molar-refractivity contribution >= 4 is 20.6 Å². The quantitative estimate of drug-likeness (QED) is 0.835. The van der Waals surface area contributed by atoms with Gasteiger partial charge in [0.2, 0.25) is 0 Å². The van der Waals surface area contributed by atoms with Crippen LogP contribution in [0.2, 0.25) is 0 Å². The molecule has 20 heavy (non-hydrogen) atoms. The van der Waals surface area contributed by atoms with Crippen LogP contribution < -0.4 is 5.32 Å². The van der Waals surface area contributed by atoms with E-state index in [0.717, 1.165) is 13.0 Å². The van der Waals surface area contributed by atoms with Crippen LogP contribution in [0.3, 0.4) is 0 Å². The molecule has 1 aromatic rings. The van der Waals surface area contributed by atoms with Crippen LogP contribution in [0, 0.1) is 0 Å². The minimum atomic E-state index is -3.21. The van der Waals surface area contributed by atoms with Crippen molar-refractivity contribution in [1.82, 2.24) is 5.32 Å². The fourth-order valence-electron chi connectivity index (χ4n) is 1.76. The highest BCUT2D eigenvalue weighted by Gasteiger charge is 2.20. The van der Waals surface area contributed by atoms with E-state index in [2.05, 4.69) is 12.2 Å². The predicted octanol–water partition coefficient (Wildman–Crippen LogP) is 1.97. The summed E-state index contributed by atoms with van der Waals surface area (Å²) in [5, 5.41) is 3.29. The van der Waals surface area contributed by atoms with Crippen molar-refractivity contribution in [1.29, 1.82) is 0 Å². The molecule has 0 radical (unpaired) electrons. The minimum Gasteiger partial charge on any atom is -0.313 e. The van der Waals surface area contributed by atoms with Crippen LogP contribution in [0.5, 0.6) is 0 Å². The number of hydrogen-bond donors (Lipinski definition) is 1. The summed E-state index contributed by atoms with van der Waals surface area (Å²) in [6.45, 7) is 6.94. The van der Waals surface area contributed by atoms with E-state index in [1.165, 1.54) is 18.4 Å². The van der Waals surface area contributed by atoms with Crippen molar-refractivity contribution in [3.63, 3.8) is 0 Å². The maximum Gasteiger partial charge on any atom is 0.175 e. The second-order valence-corrected chi connectivity index (χ2v) is 8.81. The largest absolute Gasteiger partial charge is 0.313 e. The molecule has 0 fully saturated rings. The molecule has 1 N–H and O–H groups in total. The van der Waals surface area contributed by atoms with Gasteiger partial charge in [-0.05, 0) is 51.1 Å². The first-order valence-electron chi connectivity index (χ1n) is 6.71. The maximum absolute atomic E-state index is 12.4. The van der Waals surface area contributed by atoms with Crippen molar-refractivity contribution < 1.29 is 12.6 Å². The number of benzene rings is 1. The van der Waals surface area contributed by atoms with E-state index >= 15 is 0 Å². The standard InChI is InChI=1S/C14H23NO3S2/c1-5-10-15-11(2)12(3)19(16)13-6-8-14(9-7-13)20(4,17)18/h6-9,11-12,15H,5,10H2,1-4H3. The summed E-state index contributed by atoms with van der Waals surface area (Å²) in [5.74, 6) is 0. The lowest BCUT2D eigenvalue weighted by molar-refractivity contribution is 0.531. The molecular weight excluding hydrogens is 294 g/mol. The van der Waals surface area contributed by atoms with Gasteiger partial charge in [0.05, 0.1) is 20.9 Å². The van der Waals surface area contributed by atoms with E-state index in [4.69, 9.17) is 0 Å². The smallest absolute Gasteiger partial charge is 0.175 e. The first-order valence-corrected chi connectivity index (χ1v) is 9.82. The van der Waals surface area contributed by atoms with E-state index in [1.54, 1.807) is 12.1 Å². The van der Waals surface area contributed by atoms with Crippen LogP contribution in [-0.4, -0.2) is 36.7 Å². The summed E-state index contributed by atoms with van der Waals surface area (Å²) in [5.41, 5.74) is 0. The van der Waals surface area contributed by atoms with Gasteiger partial charge in [-0.2, -0.15) is 0 Å². The molecule has 0 bridgehead atoms. The highest BCUT2D eigenvalue weighted by molar-refractivity contribution is 7.90. The Morgan fingerprint density at radius 1 is 1.20 bits per heavy atom. The van der Waals surface area contributed by atoms with Crippen LogP contribution in [-0.2, 0) is 20.6 Å². The lowest BCUT2D eigenvalue weighted by atomic mass is 10.2. The Morgan fingerprint density at radius 3 is 2.20 bits per heavy atom. The lowest BCUT2D eigenvalue weighted by Crippen LogP contribution is -2.38. The van der Waals surface area contributed by atoms with Crippen LogP contribution in [0.1, 0.15) is 27.2 Å². The first kappa shape index (κ1) is 17.3. The Hall–Kier alpha value is -0.720. The molecule has 3 atom stereocenters. The summed E-state index contributed by atoms with van der Waals surface area (Å²) >= 11 is 0. The molecule has 0 aliphatic rings. The van der Waals surface area contributed by atoms with Crippen molar-refractivity contribution in [2.45, 2.75) is 48.3 Å². The second-order valence-electron chi connectivity index (χ2n) is 4.99. The molecule has 0 spiro atoms. The van der Waals surface area contributed by atoms with Gasteiger partial charge in [0.15, 0.2) is 9.84 Å². The average Bonchev–Trinajstić information content (AvgIpc) is 2.42. The molecule has 0 aromatic heterocycles. The third-order valence-corrected chi connectivity index (χ3v) is 6.19. The molecule has 3 unspecified atom stereocenters. The zero-order chi connectivity index (χ0) is 15.3. The van der Waals surface area contributed by atoms with E-state index in [-0.39, 0.29) is 16.2 Å². The Labute approximate surface area is 124 Å². The van der Waals surface area contributed by atoms with Crippen molar-refractivity contribution in [3.05, 3.63) is 24.3 Å². The van der Waals surface area contributed by atoms with Crippen LogP contribution >= 0.6 is 0 Å². The van der Waals surface area contributed by atoms with E-state index in [0.29, 0.717) is 4.90 Å². The van der Waals surface area contributed by atoms with E-state index < -0.39 is 20.6 Å². The van der Waals surface area contributed by atoms with Gasteiger partial charge in [0.1, 0.15) is 0 Å². The molecule has 6 heteroatoms. The van der Waals surface area contributed by atoms with E-state index in [9.17, 15) is 12.6 Å². The summed E-state index contributed by atoms with van der Waals surface area (Å²) in [4.78, 5) is 0.915. The number of hydrogen-bond acceptors (Lipinski definition) is 4. The summed E-state index contributed by atoms with van der Waals surface area (Å²) in [6.07, 6.45) is 2.20. The molecule has 1 aromatic carbocycles. The fourth-order valence-corrected chi connectivity index (χ4v) is 3.69. The van der Waals surface area contributed by atoms with Gasteiger partial charge in [0.25, 0.3) is 0 Å². The number of nitrogens with one attached hydrogen (secondary N) is 1. The van der Waals surface area contributed by atoms with Gasteiger partial charge >= 0.3 is 0 Å². The lowest BCUT2D eigenvalue weighted by Gasteiger charge is -2.20. The van der Waals surface area contributed by atoms with Gasteiger partial charge in [-0.1, -0.05) is 6.92 Å². The van der Waals surface area contributed by atoms with Crippen molar-refractivity contribution in [2.24, 2.45) is 0 Å². The molecular formula is C14H23NO3S2. The zero-order valence-electron chi connectivity index (χ0n) is 12.4. The topological polar surface area (TPSA) is 63.2 Å². The molecule has 0 amide bonds. The van der Waals surface area contributed by atoms with Gasteiger partial charge < -0.3 is 5.32 Å². The first-order chi connectivity index (χ1) is 9.27. The van der Waals surface area contributed by atoms with Crippen molar-refractivity contribution in [3.8, 4) is 0 Å². The molecule has 0 aliphatic carbocycles. The maximum atomic E-state index is 12.4. The third kappa shape index (κ3) is 4.68. The minimum absolute atomic E-state index is 0.0365.